The molecule has 0 fully saturated rings. The van der Waals surface area contributed by atoms with Crippen molar-refractivity contribution in [2.24, 2.45) is 0 Å². The van der Waals surface area contributed by atoms with Gasteiger partial charge in [-0.05, 0) is 18.6 Å². The Morgan fingerprint density at radius 1 is 0.630 bits per heavy atom. The van der Waals surface area contributed by atoms with Crippen LogP contribution in [0.1, 0.15) is 11.1 Å². The fourth-order valence-corrected chi connectivity index (χ4v) is 3.80. The summed E-state index contributed by atoms with van der Waals surface area (Å²) in [6.45, 7) is 0. The molecule has 4 aromatic carbocycles. The zero-order chi connectivity index (χ0) is 17.3. The molecule has 1 heterocycles. The summed E-state index contributed by atoms with van der Waals surface area (Å²) in [7, 11) is 0. The van der Waals surface area contributed by atoms with Crippen LogP contribution in [0.3, 0.4) is 0 Å². The summed E-state index contributed by atoms with van der Waals surface area (Å²) in [4.78, 5) is 3.38. The van der Waals surface area contributed by atoms with Gasteiger partial charge in [-0.15, -0.1) is 5.56 Å². The first kappa shape index (κ1) is 17.8. The quantitative estimate of drug-likeness (QED) is 0.221. The van der Waals surface area contributed by atoms with E-state index in [4.69, 9.17) is 0 Å². The molecule has 1 aliphatic rings. The maximum Gasteiger partial charge on any atom is 0.0464 e. The second-order valence-corrected chi connectivity index (χ2v) is 6.61. The Kier molecular flexibility index (Phi) is 4.96. The van der Waals surface area contributed by atoms with E-state index in [2.05, 4.69) is 96.0 Å². The predicted molar refractivity (Wildman–Crippen MR) is 109 cm³/mol. The molecule has 0 bridgehead atoms. The number of H-pyrrole nitrogens is 1. The van der Waals surface area contributed by atoms with E-state index in [1.54, 1.807) is 0 Å². The van der Waals surface area contributed by atoms with Gasteiger partial charge in [0.05, 0.1) is 0 Å². The van der Waals surface area contributed by atoms with E-state index in [9.17, 15) is 0 Å². The number of rotatable bonds is 0. The Morgan fingerprint density at radius 2 is 1.22 bits per heavy atom. The van der Waals surface area contributed by atoms with Crippen molar-refractivity contribution in [2.45, 2.75) is 6.42 Å². The second-order valence-electron chi connectivity index (χ2n) is 6.61. The minimum Gasteiger partial charge on any atom is -0.355 e. The van der Waals surface area contributed by atoms with Crippen LogP contribution in [0.4, 0.5) is 0 Å². The molecule has 1 aliphatic carbocycles. The summed E-state index contributed by atoms with van der Waals surface area (Å²) >= 11 is 0. The van der Waals surface area contributed by atoms with Crippen LogP contribution < -0.4 is 0 Å². The van der Waals surface area contributed by atoms with Crippen molar-refractivity contribution in [1.29, 1.82) is 0 Å². The smallest absolute Gasteiger partial charge is 0.0464 e. The maximum absolute atomic E-state index is 3.38. The molecule has 27 heavy (non-hydrogen) atoms. The van der Waals surface area contributed by atoms with E-state index in [0.29, 0.717) is 0 Å². The number of nitrogens with one attached hydrogen (secondary N) is 1. The summed E-state index contributed by atoms with van der Waals surface area (Å²) in [5.41, 5.74) is 7.93. The fourth-order valence-electron chi connectivity index (χ4n) is 3.80. The molecule has 0 atom stereocenters. The van der Waals surface area contributed by atoms with Crippen LogP contribution in [0.5, 0.6) is 0 Å². The van der Waals surface area contributed by atoms with Gasteiger partial charge in [-0.25, -0.2) is 0 Å². The van der Waals surface area contributed by atoms with Crippen LogP contribution in [0, 0.1) is 6.07 Å². The van der Waals surface area contributed by atoms with Crippen LogP contribution in [0.25, 0.3) is 32.9 Å². The number of benzene rings is 4. The molecular weight excluding hydrogens is 509 g/mol. The zero-order valence-corrected chi connectivity index (χ0v) is 17.0. The predicted octanol–water partition coefficient (Wildman–Crippen LogP) is 6.38. The second kappa shape index (κ2) is 7.54. The normalized spacial score (nSPS) is 11.3. The molecular formula is C25H18NPt-. The third kappa shape index (κ3) is 3.24. The molecule has 134 valence electrons. The van der Waals surface area contributed by atoms with E-state index in [0.717, 1.165) is 6.42 Å². The van der Waals surface area contributed by atoms with E-state index in [1.165, 1.54) is 44.1 Å². The molecule has 0 amide bonds. The molecule has 0 aliphatic heterocycles. The number of hydrogen-bond acceptors (Lipinski definition) is 0. The van der Waals surface area contributed by atoms with Gasteiger partial charge < -0.3 is 4.98 Å². The topological polar surface area (TPSA) is 15.8 Å². The molecule has 0 saturated heterocycles. The van der Waals surface area contributed by atoms with Crippen molar-refractivity contribution in [3.63, 3.8) is 0 Å². The summed E-state index contributed by atoms with van der Waals surface area (Å²) in [6, 6.07) is 34.9. The van der Waals surface area contributed by atoms with E-state index in [1.807, 2.05) is 6.07 Å². The Labute approximate surface area is 173 Å². The van der Waals surface area contributed by atoms with Gasteiger partial charge in [0, 0.05) is 42.9 Å². The van der Waals surface area contributed by atoms with Crippen molar-refractivity contribution in [2.75, 3.05) is 0 Å². The largest absolute Gasteiger partial charge is 0.355 e. The zero-order valence-electron chi connectivity index (χ0n) is 14.7. The van der Waals surface area contributed by atoms with Gasteiger partial charge in [0.2, 0.25) is 0 Å². The van der Waals surface area contributed by atoms with E-state index in [-0.39, 0.29) is 21.1 Å². The van der Waals surface area contributed by atoms with Crippen LogP contribution in [-0.2, 0) is 27.5 Å². The maximum atomic E-state index is 3.38. The summed E-state index contributed by atoms with van der Waals surface area (Å²) < 4.78 is 0. The molecule has 0 unspecified atom stereocenters. The monoisotopic (exact) mass is 527 g/mol. The standard InChI is InChI=1S/C13H9.C12H9N.Pt/c1-3-7-12-10(5-1)9-11-6-2-4-8-13(11)12;1-3-7-11-9(5-1)10-6-2-4-8-12(10)13-11;/h1-5,7-8H,9H2;1-8,13H;/q-1;;. The third-order valence-corrected chi connectivity index (χ3v) is 5.03. The molecule has 1 N–H and O–H groups in total. The van der Waals surface area contributed by atoms with E-state index < -0.39 is 0 Å². The summed E-state index contributed by atoms with van der Waals surface area (Å²) in [5, 5.41) is 2.61. The number of aromatic nitrogens is 1. The number of fused-ring (bicyclic) bond motifs is 6. The van der Waals surface area contributed by atoms with Crippen LogP contribution in [0.2, 0.25) is 0 Å². The first-order valence-electron chi connectivity index (χ1n) is 8.93. The van der Waals surface area contributed by atoms with Gasteiger partial charge in [-0.3, -0.25) is 0 Å². The Morgan fingerprint density at radius 3 is 1.96 bits per heavy atom. The number of aromatic amines is 1. The van der Waals surface area contributed by atoms with Gasteiger partial charge in [-0.2, -0.15) is 29.8 Å². The van der Waals surface area contributed by atoms with E-state index >= 15 is 0 Å². The van der Waals surface area contributed by atoms with Crippen molar-refractivity contribution in [3.05, 3.63) is 108 Å². The minimum atomic E-state index is 0. The molecule has 1 aromatic heterocycles. The van der Waals surface area contributed by atoms with Crippen molar-refractivity contribution < 1.29 is 21.1 Å². The number of para-hydroxylation sites is 2. The van der Waals surface area contributed by atoms with Crippen molar-refractivity contribution >= 4 is 21.8 Å². The molecule has 0 spiro atoms. The SMILES string of the molecule is [Pt].[c-]1cccc2c1Cc1ccccc1-2.c1ccc2c(c1)[nH]c1ccccc12. The molecule has 6 rings (SSSR count). The Balaban J connectivity index is 0.000000129. The van der Waals surface area contributed by atoms with Gasteiger partial charge in [0.1, 0.15) is 0 Å². The fraction of sp³-hybridized carbons (Fsp3) is 0.0400. The molecule has 5 aromatic rings. The Bertz CT molecular complexity index is 1130. The average Bonchev–Trinajstić information content (AvgIpc) is 3.27. The van der Waals surface area contributed by atoms with Crippen molar-refractivity contribution in [1.82, 2.24) is 4.98 Å². The van der Waals surface area contributed by atoms with Crippen LogP contribution in [0.15, 0.2) is 91.0 Å². The van der Waals surface area contributed by atoms with Crippen LogP contribution in [-0.4, -0.2) is 4.98 Å². The molecule has 2 heteroatoms. The minimum absolute atomic E-state index is 0. The molecule has 0 saturated carbocycles. The molecule has 1 nitrogen and oxygen atoms in total. The summed E-state index contributed by atoms with van der Waals surface area (Å²) in [5.74, 6) is 0. The third-order valence-electron chi connectivity index (χ3n) is 5.03. The Hall–Kier alpha value is -2.63. The summed E-state index contributed by atoms with van der Waals surface area (Å²) in [6.07, 6.45) is 1.05. The van der Waals surface area contributed by atoms with Gasteiger partial charge in [-0.1, -0.05) is 71.8 Å². The number of hydrogen-bond donors (Lipinski definition) is 1. The first-order valence-corrected chi connectivity index (χ1v) is 8.93. The first-order chi connectivity index (χ1) is 12.9. The van der Waals surface area contributed by atoms with Gasteiger partial charge in [0.15, 0.2) is 0 Å². The van der Waals surface area contributed by atoms with Crippen LogP contribution >= 0.6 is 0 Å². The average molecular weight is 528 g/mol. The molecule has 0 radical (unpaired) electrons. The van der Waals surface area contributed by atoms with Gasteiger partial charge >= 0.3 is 0 Å². The van der Waals surface area contributed by atoms with Gasteiger partial charge in [0.25, 0.3) is 0 Å². The van der Waals surface area contributed by atoms with Crippen molar-refractivity contribution in [3.8, 4) is 11.1 Å².